The molecule has 1 saturated heterocycles. The molecule has 2 unspecified atom stereocenters. The largest absolute Gasteiger partial charge is 0.493 e. The highest BCUT2D eigenvalue weighted by Gasteiger charge is 2.46. The SMILES string of the molecule is CCC(CC)N1C(=O)NC2N=C(C#Cc3ccc(OCC(=O)Nc4cccnc4)c(OC)c3)NC2C1=O. The number of amidine groups is 1. The van der Waals surface area contributed by atoms with Crippen molar-refractivity contribution in [2.45, 2.75) is 44.9 Å². The number of carbonyl (C=O) groups is 3. The average Bonchev–Trinajstić information content (AvgIpc) is 3.32. The smallest absolute Gasteiger partial charge is 0.326 e. The first-order valence-corrected chi connectivity index (χ1v) is 11.9. The number of aliphatic imine (C=N–C) groups is 1. The summed E-state index contributed by atoms with van der Waals surface area (Å²) in [5, 5.41) is 8.49. The van der Waals surface area contributed by atoms with Crippen molar-refractivity contribution in [3.63, 3.8) is 0 Å². The van der Waals surface area contributed by atoms with Gasteiger partial charge >= 0.3 is 6.03 Å². The van der Waals surface area contributed by atoms with E-state index >= 15 is 0 Å². The number of aromatic nitrogens is 1. The molecule has 37 heavy (non-hydrogen) atoms. The number of anilines is 1. The molecule has 0 spiro atoms. The van der Waals surface area contributed by atoms with Crippen LogP contribution in [0, 0.1) is 11.8 Å². The van der Waals surface area contributed by atoms with Crippen LogP contribution in [0.4, 0.5) is 10.5 Å². The van der Waals surface area contributed by atoms with Crippen LogP contribution in [-0.2, 0) is 9.59 Å². The first kappa shape index (κ1) is 25.5. The Labute approximate surface area is 214 Å². The molecule has 11 heteroatoms. The molecule has 2 aromatic rings. The van der Waals surface area contributed by atoms with E-state index in [1.54, 1.807) is 36.5 Å². The number of benzene rings is 1. The van der Waals surface area contributed by atoms with Gasteiger partial charge in [-0.2, -0.15) is 0 Å². The number of pyridine rings is 1. The van der Waals surface area contributed by atoms with Crippen LogP contribution >= 0.6 is 0 Å². The molecule has 0 saturated carbocycles. The summed E-state index contributed by atoms with van der Waals surface area (Å²) >= 11 is 0. The second-order valence-corrected chi connectivity index (χ2v) is 8.37. The number of imide groups is 1. The number of urea groups is 1. The summed E-state index contributed by atoms with van der Waals surface area (Å²) in [7, 11) is 1.49. The van der Waals surface area contributed by atoms with Crippen LogP contribution in [0.25, 0.3) is 0 Å². The number of rotatable bonds is 8. The van der Waals surface area contributed by atoms with Crippen LogP contribution in [0.15, 0.2) is 47.7 Å². The van der Waals surface area contributed by atoms with Gasteiger partial charge in [0.05, 0.1) is 19.0 Å². The Balaban J connectivity index is 1.39. The standard InChI is InChI=1S/C26H28N6O5/c1-4-18(5-2)32-25(34)23-24(31-26(32)35)30-21(29-23)11-9-16-8-10-19(20(13-16)36-3)37-15-22(33)28-17-7-6-12-27-14-17/h6-8,10,12-14,18,23-24H,4-5,15H2,1-3H3,(H,28,33)(H,29,30)(H,31,35). The summed E-state index contributed by atoms with van der Waals surface area (Å²) in [5.74, 6) is 6.33. The fourth-order valence-electron chi connectivity index (χ4n) is 4.08. The molecule has 3 heterocycles. The van der Waals surface area contributed by atoms with Crippen molar-refractivity contribution in [3.8, 4) is 23.3 Å². The van der Waals surface area contributed by atoms with Crippen LogP contribution in [-0.4, -0.2) is 65.5 Å². The van der Waals surface area contributed by atoms with Crippen molar-refractivity contribution < 1.29 is 23.9 Å². The van der Waals surface area contributed by atoms with E-state index in [1.165, 1.54) is 18.2 Å². The van der Waals surface area contributed by atoms with E-state index in [2.05, 4.69) is 37.8 Å². The number of ether oxygens (including phenoxy) is 2. The number of amides is 4. The monoisotopic (exact) mass is 504 g/mol. The average molecular weight is 505 g/mol. The lowest BCUT2D eigenvalue weighted by molar-refractivity contribution is -0.134. The highest BCUT2D eigenvalue weighted by Crippen LogP contribution is 2.28. The van der Waals surface area contributed by atoms with Crippen LogP contribution < -0.4 is 25.4 Å². The highest BCUT2D eigenvalue weighted by atomic mass is 16.5. The topological polar surface area (TPSA) is 134 Å². The van der Waals surface area contributed by atoms with Gasteiger partial charge in [-0.1, -0.05) is 19.8 Å². The van der Waals surface area contributed by atoms with E-state index in [0.29, 0.717) is 41.4 Å². The number of carbonyl (C=O) groups excluding carboxylic acids is 3. The minimum atomic E-state index is -0.696. The lowest BCUT2D eigenvalue weighted by atomic mass is 10.1. The minimum Gasteiger partial charge on any atom is -0.493 e. The van der Waals surface area contributed by atoms with Crippen molar-refractivity contribution in [1.29, 1.82) is 0 Å². The van der Waals surface area contributed by atoms with Gasteiger partial charge in [-0.25, -0.2) is 9.79 Å². The molecule has 0 aliphatic carbocycles. The summed E-state index contributed by atoms with van der Waals surface area (Å²) < 4.78 is 11.0. The summed E-state index contributed by atoms with van der Waals surface area (Å²) in [6, 6.07) is 7.20. The molecule has 2 atom stereocenters. The highest BCUT2D eigenvalue weighted by molar-refractivity contribution is 6.08. The minimum absolute atomic E-state index is 0.167. The van der Waals surface area contributed by atoms with Gasteiger partial charge in [0.1, 0.15) is 6.04 Å². The Morgan fingerprint density at radius 3 is 2.68 bits per heavy atom. The molecule has 1 fully saturated rings. The third kappa shape index (κ3) is 5.81. The van der Waals surface area contributed by atoms with Crippen LogP contribution in [0.5, 0.6) is 11.5 Å². The summed E-state index contributed by atoms with van der Waals surface area (Å²) in [5.41, 5.74) is 1.18. The molecule has 4 rings (SSSR count). The Kier molecular flexibility index (Phi) is 7.88. The van der Waals surface area contributed by atoms with Crippen LogP contribution in [0.3, 0.4) is 0 Å². The molecule has 3 N–H and O–H groups in total. The molecule has 0 bridgehead atoms. The van der Waals surface area contributed by atoms with Gasteiger partial charge in [-0.15, -0.1) is 0 Å². The maximum absolute atomic E-state index is 12.9. The third-order valence-electron chi connectivity index (χ3n) is 5.97. The molecule has 1 aromatic carbocycles. The summed E-state index contributed by atoms with van der Waals surface area (Å²) in [6.07, 6.45) is 3.81. The van der Waals surface area contributed by atoms with Gasteiger partial charge in [0.15, 0.2) is 30.1 Å². The number of methoxy groups -OCH3 is 1. The van der Waals surface area contributed by atoms with E-state index in [1.807, 2.05) is 13.8 Å². The Hall–Kier alpha value is -4.59. The molecule has 192 valence electrons. The zero-order valence-corrected chi connectivity index (χ0v) is 20.8. The molecule has 4 amide bonds. The first-order chi connectivity index (χ1) is 17.9. The first-order valence-electron chi connectivity index (χ1n) is 11.9. The van der Waals surface area contributed by atoms with E-state index in [4.69, 9.17) is 9.47 Å². The predicted molar refractivity (Wildman–Crippen MR) is 136 cm³/mol. The van der Waals surface area contributed by atoms with Gasteiger partial charge in [0, 0.05) is 17.8 Å². The van der Waals surface area contributed by atoms with Crippen molar-refractivity contribution in [1.82, 2.24) is 20.5 Å². The Bertz CT molecular complexity index is 1270. The molecular weight excluding hydrogens is 476 g/mol. The molecular formula is C26H28N6O5. The molecule has 0 radical (unpaired) electrons. The van der Waals surface area contributed by atoms with Gasteiger partial charge < -0.3 is 25.4 Å². The summed E-state index contributed by atoms with van der Waals surface area (Å²) in [4.78, 5) is 47.2. The lowest BCUT2D eigenvalue weighted by Gasteiger charge is -2.36. The Morgan fingerprint density at radius 1 is 1.16 bits per heavy atom. The number of nitrogens with one attached hydrogen (secondary N) is 3. The molecule has 2 aliphatic rings. The van der Waals surface area contributed by atoms with Crippen molar-refractivity contribution >= 4 is 29.4 Å². The van der Waals surface area contributed by atoms with Gasteiger partial charge in [-0.05, 0) is 49.1 Å². The maximum Gasteiger partial charge on any atom is 0.326 e. The van der Waals surface area contributed by atoms with E-state index in [0.717, 1.165) is 0 Å². The number of nitrogens with zero attached hydrogens (tertiary/aromatic N) is 3. The number of fused-ring (bicyclic) bond motifs is 1. The number of hydrogen-bond acceptors (Lipinski definition) is 8. The van der Waals surface area contributed by atoms with E-state index < -0.39 is 18.2 Å². The zero-order chi connectivity index (χ0) is 26.4. The molecule has 2 aliphatic heterocycles. The fraction of sp³-hybridized carbons (Fsp3) is 0.346. The zero-order valence-electron chi connectivity index (χ0n) is 20.8. The Morgan fingerprint density at radius 2 is 1.97 bits per heavy atom. The third-order valence-corrected chi connectivity index (χ3v) is 5.97. The maximum atomic E-state index is 12.9. The second-order valence-electron chi connectivity index (χ2n) is 8.37. The lowest BCUT2D eigenvalue weighted by Crippen LogP contribution is -2.66. The van der Waals surface area contributed by atoms with Crippen molar-refractivity contribution in [3.05, 3.63) is 48.3 Å². The van der Waals surface area contributed by atoms with Crippen molar-refractivity contribution in [2.75, 3.05) is 19.0 Å². The normalized spacial score (nSPS) is 18.2. The predicted octanol–water partition coefficient (Wildman–Crippen LogP) is 1.90. The second kappa shape index (κ2) is 11.4. The van der Waals surface area contributed by atoms with E-state index in [-0.39, 0.29) is 24.5 Å². The van der Waals surface area contributed by atoms with E-state index in [9.17, 15) is 14.4 Å². The van der Waals surface area contributed by atoms with Gasteiger partial charge in [-0.3, -0.25) is 19.5 Å². The number of hydrogen-bond donors (Lipinski definition) is 3. The fourth-order valence-corrected chi connectivity index (χ4v) is 4.08. The molecule has 11 nitrogen and oxygen atoms in total. The van der Waals surface area contributed by atoms with Gasteiger partial charge in [0.2, 0.25) is 0 Å². The quantitative estimate of drug-likeness (QED) is 0.468. The van der Waals surface area contributed by atoms with Crippen molar-refractivity contribution in [2.24, 2.45) is 4.99 Å². The summed E-state index contributed by atoms with van der Waals surface area (Å²) in [6.45, 7) is 3.67. The van der Waals surface area contributed by atoms with Crippen LogP contribution in [0.1, 0.15) is 32.3 Å². The van der Waals surface area contributed by atoms with Gasteiger partial charge in [0.25, 0.3) is 11.8 Å². The molecule has 1 aromatic heterocycles. The van der Waals surface area contributed by atoms with Crippen LogP contribution in [0.2, 0.25) is 0 Å².